The monoisotopic (exact) mass is 378 g/mol. The molecule has 0 N–H and O–H groups in total. The van der Waals surface area contributed by atoms with Crippen LogP contribution in [-0.4, -0.2) is 26.9 Å². The molecule has 0 saturated heterocycles. The lowest BCUT2D eigenvalue weighted by Gasteiger charge is -2.17. The third kappa shape index (κ3) is 3.31. The fourth-order valence-corrected chi connectivity index (χ4v) is 3.48. The van der Waals surface area contributed by atoms with Gasteiger partial charge in [0.05, 0.1) is 15.5 Å². The fourth-order valence-electron chi connectivity index (χ4n) is 2.26. The molecule has 0 fully saturated rings. The smallest absolute Gasteiger partial charge is 0.139 e. The largest absolute Gasteiger partial charge is 0.324 e. The Bertz CT molecular complexity index is 602. The summed E-state index contributed by atoms with van der Waals surface area (Å²) in [6.07, 6.45) is 0.691. The number of hydrogen-bond donors (Lipinski definition) is 0. The number of imidazole rings is 1. The summed E-state index contributed by atoms with van der Waals surface area (Å²) in [5.41, 5.74) is 1.65. The van der Waals surface area contributed by atoms with E-state index in [1.807, 2.05) is 17.8 Å². The fraction of sp³-hybridized carbons (Fsp3) is 0.500. The van der Waals surface area contributed by atoms with Crippen LogP contribution in [0.5, 0.6) is 0 Å². The van der Waals surface area contributed by atoms with Gasteiger partial charge in [0.2, 0.25) is 0 Å². The lowest BCUT2D eigenvalue weighted by molar-refractivity contribution is 0.596. The molecule has 0 saturated carbocycles. The van der Waals surface area contributed by atoms with Crippen molar-refractivity contribution in [2.75, 3.05) is 17.4 Å². The number of benzene rings is 1. The van der Waals surface area contributed by atoms with E-state index in [9.17, 15) is 4.39 Å². The van der Waals surface area contributed by atoms with Gasteiger partial charge in [0.1, 0.15) is 11.6 Å². The minimum Gasteiger partial charge on any atom is -0.324 e. The first kappa shape index (κ1) is 16.1. The van der Waals surface area contributed by atoms with E-state index in [-0.39, 0.29) is 5.82 Å². The zero-order valence-electron chi connectivity index (χ0n) is 11.5. The highest BCUT2D eigenvalue weighted by atomic mass is 79.9. The van der Waals surface area contributed by atoms with Crippen LogP contribution in [0.3, 0.4) is 0 Å². The molecule has 0 amide bonds. The van der Waals surface area contributed by atoms with Gasteiger partial charge in [-0.15, -0.1) is 11.6 Å². The van der Waals surface area contributed by atoms with Crippen LogP contribution in [0, 0.1) is 5.82 Å². The van der Waals surface area contributed by atoms with Gasteiger partial charge in [0.25, 0.3) is 0 Å². The van der Waals surface area contributed by atoms with Crippen LogP contribution in [-0.2, 0) is 6.42 Å². The molecule has 6 heteroatoms. The second kappa shape index (κ2) is 7.14. The molecule has 110 valence electrons. The Morgan fingerprint density at radius 1 is 1.50 bits per heavy atom. The average molecular weight is 380 g/mol. The van der Waals surface area contributed by atoms with Gasteiger partial charge < -0.3 is 4.57 Å². The maximum absolute atomic E-state index is 13.7. The summed E-state index contributed by atoms with van der Waals surface area (Å²) < 4.78 is 16.3. The Morgan fingerprint density at radius 3 is 2.90 bits per heavy atom. The summed E-state index contributed by atoms with van der Waals surface area (Å²) >= 11 is 11.0. The van der Waals surface area contributed by atoms with E-state index in [1.54, 1.807) is 0 Å². The van der Waals surface area contributed by atoms with Crippen molar-refractivity contribution in [1.29, 1.82) is 0 Å². The molecule has 1 aromatic heterocycles. The predicted molar refractivity (Wildman–Crippen MR) is 89.5 cm³/mol. The maximum atomic E-state index is 13.7. The first-order valence-electron chi connectivity index (χ1n) is 6.58. The van der Waals surface area contributed by atoms with Crippen LogP contribution in [0.1, 0.15) is 25.7 Å². The van der Waals surface area contributed by atoms with Crippen molar-refractivity contribution in [1.82, 2.24) is 9.55 Å². The molecule has 1 unspecified atom stereocenters. The molecule has 2 rings (SSSR count). The summed E-state index contributed by atoms with van der Waals surface area (Å²) in [5, 5.41) is 0. The topological polar surface area (TPSA) is 17.8 Å². The Balaban J connectivity index is 2.52. The van der Waals surface area contributed by atoms with Gasteiger partial charge in [-0.3, -0.25) is 0 Å². The van der Waals surface area contributed by atoms with Gasteiger partial charge in [-0.1, -0.05) is 6.92 Å². The molecule has 20 heavy (non-hydrogen) atoms. The molecule has 0 bridgehead atoms. The zero-order valence-corrected chi connectivity index (χ0v) is 14.7. The molecule has 2 aromatic rings. The van der Waals surface area contributed by atoms with Gasteiger partial charge in [-0.05, 0) is 34.7 Å². The zero-order chi connectivity index (χ0) is 14.7. The first-order chi connectivity index (χ1) is 9.58. The Kier molecular flexibility index (Phi) is 5.75. The molecule has 0 spiro atoms. The van der Waals surface area contributed by atoms with Crippen molar-refractivity contribution in [3.05, 3.63) is 28.2 Å². The van der Waals surface area contributed by atoms with Crippen LogP contribution in [0.4, 0.5) is 4.39 Å². The standard InChI is InChI=1S/C14H17BrClFN2S/c1-3-20-8-9(2)19-13-6-10(15)11(17)7-12(13)18-14(19)4-5-16/h6-7,9H,3-5,8H2,1-2H3. The summed E-state index contributed by atoms with van der Waals surface area (Å²) in [5.74, 6) is 3.25. The molecule has 1 heterocycles. The van der Waals surface area contributed by atoms with Crippen LogP contribution >= 0.6 is 39.3 Å². The number of aromatic nitrogens is 2. The highest BCUT2D eigenvalue weighted by Gasteiger charge is 2.17. The molecule has 2 nitrogen and oxygen atoms in total. The van der Waals surface area contributed by atoms with E-state index in [1.165, 1.54) is 6.07 Å². The van der Waals surface area contributed by atoms with E-state index in [2.05, 4.69) is 39.3 Å². The van der Waals surface area contributed by atoms with Crippen molar-refractivity contribution < 1.29 is 4.39 Å². The third-order valence-corrected chi connectivity index (χ3v) is 5.05. The van der Waals surface area contributed by atoms with Crippen molar-refractivity contribution in [2.45, 2.75) is 26.3 Å². The van der Waals surface area contributed by atoms with Gasteiger partial charge in [0.15, 0.2) is 0 Å². The lowest BCUT2D eigenvalue weighted by atomic mass is 10.3. The van der Waals surface area contributed by atoms with Crippen LogP contribution < -0.4 is 0 Å². The minimum atomic E-state index is -0.282. The van der Waals surface area contributed by atoms with E-state index in [4.69, 9.17) is 11.6 Å². The van der Waals surface area contributed by atoms with E-state index < -0.39 is 0 Å². The second-order valence-corrected chi connectivity index (χ2v) is 7.15. The van der Waals surface area contributed by atoms with Crippen molar-refractivity contribution >= 4 is 50.3 Å². The second-order valence-electron chi connectivity index (χ2n) is 4.60. The van der Waals surface area contributed by atoms with Gasteiger partial charge in [-0.25, -0.2) is 9.37 Å². The number of alkyl halides is 1. The molecule has 1 aromatic carbocycles. The van der Waals surface area contributed by atoms with Gasteiger partial charge in [-0.2, -0.15) is 11.8 Å². The molecular formula is C14H17BrClFN2S. The summed E-state index contributed by atoms with van der Waals surface area (Å²) in [6.45, 7) is 4.31. The van der Waals surface area contributed by atoms with Crippen molar-refractivity contribution in [2.24, 2.45) is 0 Å². The highest BCUT2D eigenvalue weighted by molar-refractivity contribution is 9.10. The normalized spacial score (nSPS) is 13.1. The molecule has 0 aliphatic heterocycles. The number of thioether (sulfide) groups is 1. The number of fused-ring (bicyclic) bond motifs is 1. The Morgan fingerprint density at radius 2 is 2.25 bits per heavy atom. The summed E-state index contributed by atoms with van der Waals surface area (Å²) in [7, 11) is 0. The van der Waals surface area contributed by atoms with E-state index in [0.29, 0.717) is 28.3 Å². The summed E-state index contributed by atoms with van der Waals surface area (Å²) in [6, 6.07) is 3.59. The van der Waals surface area contributed by atoms with Gasteiger partial charge >= 0.3 is 0 Å². The Labute approximate surface area is 136 Å². The molecule has 0 radical (unpaired) electrons. The SMILES string of the molecule is CCSCC(C)n1c(CCCl)nc2cc(F)c(Br)cc21. The van der Waals surface area contributed by atoms with Crippen molar-refractivity contribution in [3.63, 3.8) is 0 Å². The number of halogens is 3. The molecular weight excluding hydrogens is 363 g/mol. The summed E-state index contributed by atoms with van der Waals surface area (Å²) in [4.78, 5) is 4.54. The predicted octanol–water partition coefficient (Wildman–Crippen LogP) is 5.03. The third-order valence-electron chi connectivity index (χ3n) is 3.13. The minimum absolute atomic E-state index is 0.282. The van der Waals surface area contributed by atoms with Crippen LogP contribution in [0.25, 0.3) is 11.0 Å². The number of nitrogens with zero attached hydrogens (tertiary/aromatic N) is 2. The molecule has 0 aliphatic carbocycles. The van der Waals surface area contributed by atoms with Crippen LogP contribution in [0.15, 0.2) is 16.6 Å². The Hall–Kier alpha value is -0.260. The van der Waals surface area contributed by atoms with Crippen molar-refractivity contribution in [3.8, 4) is 0 Å². The number of aryl methyl sites for hydroxylation is 1. The lowest BCUT2D eigenvalue weighted by Crippen LogP contribution is -2.12. The maximum Gasteiger partial charge on any atom is 0.139 e. The molecule has 0 aliphatic rings. The number of hydrogen-bond acceptors (Lipinski definition) is 2. The van der Waals surface area contributed by atoms with E-state index >= 15 is 0 Å². The first-order valence-corrected chi connectivity index (χ1v) is 9.06. The number of rotatable bonds is 6. The molecule has 1 atom stereocenters. The quantitative estimate of drug-likeness (QED) is 0.655. The average Bonchev–Trinajstić information content (AvgIpc) is 2.74. The van der Waals surface area contributed by atoms with E-state index in [0.717, 1.165) is 22.8 Å². The van der Waals surface area contributed by atoms with Crippen LogP contribution in [0.2, 0.25) is 0 Å². The highest BCUT2D eigenvalue weighted by Crippen LogP contribution is 2.28. The van der Waals surface area contributed by atoms with Gasteiger partial charge in [0, 0.05) is 30.2 Å².